The first kappa shape index (κ1) is 15.0. The molecule has 1 fully saturated rings. The van der Waals surface area contributed by atoms with Crippen LogP contribution in [0.5, 0.6) is 0 Å². The molecule has 0 bridgehead atoms. The van der Waals surface area contributed by atoms with Crippen molar-refractivity contribution in [3.63, 3.8) is 0 Å². The van der Waals surface area contributed by atoms with Gasteiger partial charge in [0.25, 0.3) is 0 Å². The lowest BCUT2D eigenvalue weighted by Gasteiger charge is -2.33. The molecule has 1 saturated heterocycles. The van der Waals surface area contributed by atoms with Crippen LogP contribution in [0.15, 0.2) is 47.1 Å². The van der Waals surface area contributed by atoms with Gasteiger partial charge in [-0.3, -0.25) is 9.80 Å². The summed E-state index contributed by atoms with van der Waals surface area (Å²) in [4.78, 5) is 5.12. The fourth-order valence-corrected chi connectivity index (χ4v) is 4.51. The number of likely N-dealkylation sites (tertiary alicyclic amines) is 1. The molecule has 4 rings (SSSR count). The molecular formula is C20H26N2O. The second kappa shape index (κ2) is 5.81. The summed E-state index contributed by atoms with van der Waals surface area (Å²) in [5, 5.41) is 0. The van der Waals surface area contributed by atoms with E-state index in [0.29, 0.717) is 23.9 Å². The molecule has 0 amide bonds. The Balaban J connectivity index is 1.61. The van der Waals surface area contributed by atoms with E-state index >= 15 is 0 Å². The number of hydrogen-bond donors (Lipinski definition) is 0. The number of fused-ring (bicyclic) bond motifs is 3. The maximum atomic E-state index is 5.55. The van der Waals surface area contributed by atoms with Crippen LogP contribution in [0.1, 0.15) is 42.7 Å². The van der Waals surface area contributed by atoms with E-state index in [1.807, 2.05) is 6.07 Å². The minimum absolute atomic E-state index is 0.540. The summed E-state index contributed by atoms with van der Waals surface area (Å²) in [6, 6.07) is 14.2. The molecule has 1 aliphatic heterocycles. The van der Waals surface area contributed by atoms with Crippen molar-refractivity contribution in [2.45, 2.75) is 38.4 Å². The van der Waals surface area contributed by atoms with Gasteiger partial charge in [-0.1, -0.05) is 24.3 Å². The second-order valence-corrected chi connectivity index (χ2v) is 7.38. The Hall–Kier alpha value is -1.58. The smallest absolute Gasteiger partial charge is 0.117 e. The summed E-state index contributed by atoms with van der Waals surface area (Å²) in [6.45, 7) is 7.82. The minimum atomic E-state index is 0.540. The third-order valence-electron chi connectivity index (χ3n) is 5.77. The Morgan fingerprint density at radius 3 is 2.61 bits per heavy atom. The predicted molar refractivity (Wildman–Crippen MR) is 92.3 cm³/mol. The zero-order chi connectivity index (χ0) is 16.0. The fraction of sp³-hybridized carbons (Fsp3) is 0.500. The molecule has 1 aromatic heterocycles. The molecule has 0 unspecified atom stereocenters. The van der Waals surface area contributed by atoms with Crippen molar-refractivity contribution < 1.29 is 4.42 Å². The number of benzene rings is 1. The molecule has 0 radical (unpaired) electrons. The number of furan rings is 1. The standard InChI is InChI=1S/C20H26N2O/c1-14(2)21(3)20-17-9-5-4-8-16(17)18-12-22(13-19(18)20)11-15-7-6-10-23-15/h4-10,14,18-20H,11-13H2,1-3H3/t18-,19-,20-/m0/s1. The van der Waals surface area contributed by atoms with E-state index in [4.69, 9.17) is 4.42 Å². The Bertz CT molecular complexity index is 664. The van der Waals surface area contributed by atoms with Crippen molar-refractivity contribution in [3.8, 4) is 0 Å². The van der Waals surface area contributed by atoms with Crippen LogP contribution >= 0.6 is 0 Å². The lowest BCUT2D eigenvalue weighted by molar-refractivity contribution is 0.144. The average molecular weight is 310 g/mol. The van der Waals surface area contributed by atoms with Crippen molar-refractivity contribution in [1.29, 1.82) is 0 Å². The maximum Gasteiger partial charge on any atom is 0.117 e. The van der Waals surface area contributed by atoms with E-state index in [1.165, 1.54) is 0 Å². The highest BCUT2D eigenvalue weighted by Gasteiger charge is 2.47. The highest BCUT2D eigenvalue weighted by molar-refractivity contribution is 5.41. The predicted octanol–water partition coefficient (Wildman–Crippen LogP) is 3.89. The van der Waals surface area contributed by atoms with Gasteiger partial charge in [0, 0.05) is 31.1 Å². The second-order valence-electron chi connectivity index (χ2n) is 7.38. The minimum Gasteiger partial charge on any atom is -0.468 e. The van der Waals surface area contributed by atoms with Crippen molar-refractivity contribution in [2.24, 2.45) is 5.92 Å². The maximum absolute atomic E-state index is 5.55. The van der Waals surface area contributed by atoms with Gasteiger partial charge < -0.3 is 4.42 Å². The molecule has 3 atom stereocenters. The monoisotopic (exact) mass is 310 g/mol. The van der Waals surface area contributed by atoms with Crippen LogP contribution in [-0.4, -0.2) is 36.0 Å². The molecule has 1 aliphatic carbocycles. The van der Waals surface area contributed by atoms with Gasteiger partial charge >= 0.3 is 0 Å². The first-order valence-electron chi connectivity index (χ1n) is 8.70. The van der Waals surface area contributed by atoms with Crippen molar-refractivity contribution in [3.05, 3.63) is 59.5 Å². The van der Waals surface area contributed by atoms with Crippen LogP contribution < -0.4 is 0 Å². The zero-order valence-electron chi connectivity index (χ0n) is 14.3. The summed E-state index contributed by atoms with van der Waals surface area (Å²) in [7, 11) is 2.28. The van der Waals surface area contributed by atoms with Crippen molar-refractivity contribution in [1.82, 2.24) is 9.80 Å². The molecule has 3 nitrogen and oxygen atoms in total. The number of hydrogen-bond acceptors (Lipinski definition) is 3. The number of rotatable bonds is 4. The van der Waals surface area contributed by atoms with E-state index in [-0.39, 0.29) is 0 Å². The molecule has 2 aliphatic rings. The van der Waals surface area contributed by atoms with Crippen molar-refractivity contribution in [2.75, 3.05) is 20.1 Å². The van der Waals surface area contributed by atoms with Gasteiger partial charge in [-0.05, 0) is 50.1 Å². The molecule has 122 valence electrons. The average Bonchev–Trinajstić information content (AvgIpc) is 3.23. The molecule has 0 spiro atoms. The van der Waals surface area contributed by atoms with Gasteiger partial charge in [0.1, 0.15) is 5.76 Å². The SMILES string of the molecule is CC(C)N(C)[C@H]1c2ccccc2[C@@H]2CN(Cc3ccco3)C[C@@H]21. The fourth-order valence-electron chi connectivity index (χ4n) is 4.51. The molecule has 1 aromatic carbocycles. The molecular weight excluding hydrogens is 284 g/mol. The zero-order valence-corrected chi connectivity index (χ0v) is 14.3. The number of nitrogens with zero attached hydrogens (tertiary/aromatic N) is 2. The lowest BCUT2D eigenvalue weighted by atomic mass is 9.93. The van der Waals surface area contributed by atoms with Crippen LogP contribution in [0.2, 0.25) is 0 Å². The van der Waals surface area contributed by atoms with Gasteiger partial charge in [-0.25, -0.2) is 0 Å². The van der Waals surface area contributed by atoms with E-state index in [0.717, 1.165) is 25.4 Å². The molecule has 3 heteroatoms. The van der Waals surface area contributed by atoms with Crippen LogP contribution in [0.25, 0.3) is 0 Å². The van der Waals surface area contributed by atoms with Gasteiger partial charge in [0.15, 0.2) is 0 Å². The summed E-state index contributed by atoms with van der Waals surface area (Å²) in [5.41, 5.74) is 3.12. The van der Waals surface area contributed by atoms with Crippen LogP contribution in [0.3, 0.4) is 0 Å². The summed E-state index contributed by atoms with van der Waals surface area (Å²) in [5.74, 6) is 2.43. The third kappa shape index (κ3) is 2.52. The van der Waals surface area contributed by atoms with Crippen LogP contribution in [0.4, 0.5) is 0 Å². The normalized spacial score (nSPS) is 26.9. The van der Waals surface area contributed by atoms with E-state index in [2.05, 4.69) is 61.0 Å². The van der Waals surface area contributed by atoms with E-state index < -0.39 is 0 Å². The first-order valence-corrected chi connectivity index (χ1v) is 8.70. The van der Waals surface area contributed by atoms with E-state index in [1.54, 1.807) is 17.4 Å². The highest BCUT2D eigenvalue weighted by atomic mass is 16.3. The molecule has 0 N–H and O–H groups in total. The van der Waals surface area contributed by atoms with Crippen LogP contribution in [0, 0.1) is 5.92 Å². The van der Waals surface area contributed by atoms with E-state index in [9.17, 15) is 0 Å². The van der Waals surface area contributed by atoms with Gasteiger partial charge in [0.2, 0.25) is 0 Å². The molecule has 23 heavy (non-hydrogen) atoms. The first-order chi connectivity index (χ1) is 11.1. The van der Waals surface area contributed by atoms with Gasteiger partial charge in [-0.2, -0.15) is 0 Å². The lowest BCUT2D eigenvalue weighted by Crippen LogP contribution is -2.35. The largest absolute Gasteiger partial charge is 0.468 e. The molecule has 2 heterocycles. The quantitative estimate of drug-likeness (QED) is 0.854. The summed E-state index contributed by atoms with van der Waals surface area (Å²) in [6.07, 6.45) is 1.77. The highest BCUT2D eigenvalue weighted by Crippen LogP contribution is 2.51. The summed E-state index contributed by atoms with van der Waals surface area (Å²) >= 11 is 0. The van der Waals surface area contributed by atoms with Gasteiger partial charge in [0.05, 0.1) is 12.8 Å². The Morgan fingerprint density at radius 1 is 1.13 bits per heavy atom. The topological polar surface area (TPSA) is 19.6 Å². The van der Waals surface area contributed by atoms with Crippen molar-refractivity contribution >= 4 is 0 Å². The third-order valence-corrected chi connectivity index (χ3v) is 5.77. The van der Waals surface area contributed by atoms with Crippen LogP contribution in [-0.2, 0) is 6.54 Å². The Morgan fingerprint density at radius 2 is 1.91 bits per heavy atom. The molecule has 0 saturated carbocycles. The Kier molecular flexibility index (Phi) is 3.78. The summed E-state index contributed by atoms with van der Waals surface area (Å²) < 4.78 is 5.55. The van der Waals surface area contributed by atoms with Gasteiger partial charge in [-0.15, -0.1) is 0 Å². The Labute approximate surface area is 138 Å². The molecule has 2 aromatic rings.